The second-order valence-corrected chi connectivity index (χ2v) is 9.24. The van der Waals surface area contributed by atoms with E-state index in [0.717, 1.165) is 30.2 Å². The highest BCUT2D eigenvalue weighted by Crippen LogP contribution is 2.20. The van der Waals surface area contributed by atoms with Crippen LogP contribution in [-0.2, 0) is 11.2 Å². The zero-order valence-electron chi connectivity index (χ0n) is 16.9. The molecule has 2 aromatic rings. The van der Waals surface area contributed by atoms with Gasteiger partial charge in [-0.2, -0.15) is 23.1 Å². The van der Waals surface area contributed by atoms with Gasteiger partial charge in [-0.25, -0.2) is 4.79 Å². The second-order valence-electron chi connectivity index (χ2n) is 7.24. The lowest BCUT2D eigenvalue weighted by Crippen LogP contribution is -2.38. The fourth-order valence-corrected chi connectivity index (χ4v) is 4.84. The summed E-state index contributed by atoms with van der Waals surface area (Å²) < 4.78 is 0. The third-order valence-electron chi connectivity index (χ3n) is 4.94. The molecule has 3 rings (SSSR count). The summed E-state index contributed by atoms with van der Waals surface area (Å²) in [4.78, 5) is 28.7. The van der Waals surface area contributed by atoms with Crippen molar-refractivity contribution >= 4 is 40.7 Å². The van der Waals surface area contributed by atoms with E-state index in [1.54, 1.807) is 11.3 Å². The topological polar surface area (TPSA) is 64.7 Å². The Bertz CT molecular complexity index is 788. The van der Waals surface area contributed by atoms with E-state index in [9.17, 15) is 9.59 Å². The van der Waals surface area contributed by atoms with E-state index < -0.39 is 0 Å². The maximum atomic E-state index is 12.4. The third-order valence-corrected chi connectivity index (χ3v) is 6.58. The molecule has 1 saturated heterocycles. The Morgan fingerprint density at radius 1 is 1.14 bits per heavy atom. The van der Waals surface area contributed by atoms with E-state index in [4.69, 9.17) is 0 Å². The first-order valence-corrected chi connectivity index (χ1v) is 11.8. The number of rotatable bonds is 7. The van der Waals surface area contributed by atoms with Crippen LogP contribution in [0.5, 0.6) is 0 Å². The first-order valence-electron chi connectivity index (χ1n) is 9.71. The summed E-state index contributed by atoms with van der Waals surface area (Å²) in [5, 5.41) is 9.95. The average Bonchev–Trinajstić information content (AvgIpc) is 3.24. The van der Waals surface area contributed by atoms with Crippen LogP contribution < -0.4 is 10.6 Å². The van der Waals surface area contributed by atoms with E-state index in [0.29, 0.717) is 18.7 Å². The number of anilines is 1. The Kier molecular flexibility index (Phi) is 7.97. The lowest BCUT2D eigenvalue weighted by Gasteiger charge is -2.26. The van der Waals surface area contributed by atoms with Gasteiger partial charge in [0.05, 0.1) is 12.5 Å². The number of urea groups is 1. The van der Waals surface area contributed by atoms with Gasteiger partial charge < -0.3 is 20.4 Å². The summed E-state index contributed by atoms with van der Waals surface area (Å²) in [6.07, 6.45) is 0.405. The molecule has 1 atom stereocenters. The Hall–Kier alpha value is -2.03. The van der Waals surface area contributed by atoms with Crippen molar-refractivity contribution in [3.8, 4) is 0 Å². The fraction of sp³-hybridized carbons (Fsp3) is 0.429. The normalized spacial score (nSPS) is 15.2. The number of likely N-dealkylation sites (N-methyl/N-ethyl adjacent to an activating group) is 1. The number of nitrogens with zero attached hydrogens (tertiary/aromatic N) is 2. The molecule has 0 radical (unpaired) electrons. The van der Waals surface area contributed by atoms with Crippen molar-refractivity contribution in [1.82, 2.24) is 15.1 Å². The molecule has 1 unspecified atom stereocenters. The van der Waals surface area contributed by atoms with Gasteiger partial charge in [0, 0.05) is 36.8 Å². The van der Waals surface area contributed by atoms with Crippen molar-refractivity contribution in [2.24, 2.45) is 0 Å². The number of hydrogen-bond donors (Lipinski definition) is 2. The Balaban J connectivity index is 1.47. The minimum Gasteiger partial charge on any atom is -0.341 e. The van der Waals surface area contributed by atoms with Gasteiger partial charge in [-0.15, -0.1) is 0 Å². The zero-order chi connectivity index (χ0) is 20.6. The summed E-state index contributed by atoms with van der Waals surface area (Å²) in [7, 11) is 4.01. The molecule has 156 valence electrons. The number of carbonyl (C=O) groups excluding carboxylic acids is 2. The molecule has 0 aliphatic carbocycles. The van der Waals surface area contributed by atoms with Crippen LogP contribution in [0, 0.1) is 0 Å². The van der Waals surface area contributed by atoms with E-state index in [-0.39, 0.29) is 18.0 Å². The molecule has 1 aromatic carbocycles. The predicted molar refractivity (Wildman–Crippen MR) is 122 cm³/mol. The van der Waals surface area contributed by atoms with Gasteiger partial charge in [0.15, 0.2) is 0 Å². The summed E-state index contributed by atoms with van der Waals surface area (Å²) >= 11 is 3.55. The molecule has 0 bridgehead atoms. The van der Waals surface area contributed by atoms with E-state index in [1.807, 2.05) is 60.4 Å². The molecule has 3 amide bonds. The largest absolute Gasteiger partial charge is 0.341 e. The van der Waals surface area contributed by atoms with Gasteiger partial charge in [0.25, 0.3) is 0 Å². The van der Waals surface area contributed by atoms with Crippen LogP contribution >= 0.6 is 23.1 Å². The smallest absolute Gasteiger partial charge is 0.319 e. The molecular weight excluding hydrogens is 404 g/mol. The van der Waals surface area contributed by atoms with E-state index >= 15 is 0 Å². The lowest BCUT2D eigenvalue weighted by atomic mass is 10.1. The molecule has 1 fully saturated rings. The summed E-state index contributed by atoms with van der Waals surface area (Å²) in [6.45, 7) is 2.20. The molecule has 8 heteroatoms. The second kappa shape index (κ2) is 10.7. The molecule has 0 spiro atoms. The maximum absolute atomic E-state index is 12.4. The van der Waals surface area contributed by atoms with Crippen LogP contribution in [-0.4, -0.2) is 67.0 Å². The van der Waals surface area contributed by atoms with Gasteiger partial charge in [-0.3, -0.25) is 4.79 Å². The van der Waals surface area contributed by atoms with Crippen LogP contribution in [0.25, 0.3) is 0 Å². The Labute approximate surface area is 180 Å². The van der Waals surface area contributed by atoms with Crippen molar-refractivity contribution in [3.63, 3.8) is 0 Å². The first kappa shape index (κ1) is 21.7. The van der Waals surface area contributed by atoms with Crippen molar-refractivity contribution in [1.29, 1.82) is 0 Å². The molecule has 0 saturated carbocycles. The standard InChI is InChI=1S/C21H28N4O2S2/c1-24(2)19(17-7-10-29-15-17)14-22-21(27)23-18-5-3-16(4-6-18)13-20(26)25-8-11-28-12-9-25/h3-7,10,15,19H,8-9,11-14H2,1-2H3,(H2,22,23,27). The minimum absolute atomic E-state index is 0.133. The van der Waals surface area contributed by atoms with Gasteiger partial charge >= 0.3 is 6.03 Å². The number of carbonyl (C=O) groups is 2. The molecule has 1 aliphatic rings. The molecule has 29 heavy (non-hydrogen) atoms. The molecule has 2 heterocycles. The molecule has 2 N–H and O–H groups in total. The number of thioether (sulfide) groups is 1. The highest BCUT2D eigenvalue weighted by Gasteiger charge is 2.17. The van der Waals surface area contributed by atoms with Gasteiger partial charge in [-0.05, 0) is 54.2 Å². The van der Waals surface area contributed by atoms with Crippen LogP contribution in [0.2, 0.25) is 0 Å². The van der Waals surface area contributed by atoms with Crippen LogP contribution in [0.15, 0.2) is 41.1 Å². The SMILES string of the molecule is CN(C)C(CNC(=O)Nc1ccc(CC(=O)N2CCSCC2)cc1)c1ccsc1. The number of amides is 3. The highest BCUT2D eigenvalue weighted by molar-refractivity contribution is 7.99. The van der Waals surface area contributed by atoms with Gasteiger partial charge in [0.1, 0.15) is 0 Å². The number of nitrogens with one attached hydrogen (secondary N) is 2. The average molecular weight is 433 g/mol. The third kappa shape index (κ3) is 6.48. The Morgan fingerprint density at radius 3 is 2.48 bits per heavy atom. The van der Waals surface area contributed by atoms with Crippen LogP contribution in [0.3, 0.4) is 0 Å². The van der Waals surface area contributed by atoms with Gasteiger partial charge in [-0.1, -0.05) is 12.1 Å². The minimum atomic E-state index is -0.235. The van der Waals surface area contributed by atoms with Crippen LogP contribution in [0.4, 0.5) is 10.5 Å². The van der Waals surface area contributed by atoms with Crippen LogP contribution in [0.1, 0.15) is 17.2 Å². The van der Waals surface area contributed by atoms with Crippen molar-refractivity contribution in [2.45, 2.75) is 12.5 Å². The quantitative estimate of drug-likeness (QED) is 0.705. The zero-order valence-corrected chi connectivity index (χ0v) is 18.5. The van der Waals surface area contributed by atoms with E-state index in [1.165, 1.54) is 5.56 Å². The van der Waals surface area contributed by atoms with Crippen molar-refractivity contribution < 1.29 is 9.59 Å². The van der Waals surface area contributed by atoms with Crippen molar-refractivity contribution in [2.75, 3.05) is 50.6 Å². The summed E-state index contributed by atoms with van der Waals surface area (Å²) in [5.74, 6) is 2.21. The molecule has 1 aromatic heterocycles. The lowest BCUT2D eigenvalue weighted by molar-refractivity contribution is -0.130. The first-order chi connectivity index (χ1) is 14.0. The fourth-order valence-electron chi connectivity index (χ4n) is 3.23. The predicted octanol–water partition coefficient (Wildman–Crippen LogP) is 3.29. The number of thiophene rings is 1. The summed E-state index contributed by atoms with van der Waals surface area (Å²) in [6, 6.07) is 9.47. The van der Waals surface area contributed by atoms with E-state index in [2.05, 4.69) is 27.0 Å². The highest BCUT2D eigenvalue weighted by atomic mass is 32.2. The monoisotopic (exact) mass is 432 g/mol. The molecule has 6 nitrogen and oxygen atoms in total. The Morgan fingerprint density at radius 2 is 1.86 bits per heavy atom. The summed E-state index contributed by atoms with van der Waals surface area (Å²) in [5.41, 5.74) is 2.87. The number of hydrogen-bond acceptors (Lipinski definition) is 5. The number of benzene rings is 1. The maximum Gasteiger partial charge on any atom is 0.319 e. The van der Waals surface area contributed by atoms with Crippen molar-refractivity contribution in [3.05, 3.63) is 52.2 Å². The van der Waals surface area contributed by atoms with Gasteiger partial charge in [0.2, 0.25) is 5.91 Å². The molecule has 1 aliphatic heterocycles. The molecular formula is C21H28N4O2S2.